The van der Waals surface area contributed by atoms with Crippen molar-refractivity contribution in [2.45, 2.75) is 20.3 Å². The summed E-state index contributed by atoms with van der Waals surface area (Å²) in [5, 5.41) is 3.34. The number of rotatable bonds is 4. The van der Waals surface area contributed by atoms with Gasteiger partial charge in [-0.05, 0) is 31.5 Å². The van der Waals surface area contributed by atoms with Crippen LogP contribution < -0.4 is 10.1 Å². The second kappa shape index (κ2) is 5.49. The minimum Gasteiger partial charge on any atom is -0.481 e. The monoisotopic (exact) mass is 243 g/mol. The number of hydrogen-bond donors (Lipinski definition) is 1. The van der Waals surface area contributed by atoms with Crippen molar-refractivity contribution in [3.05, 3.63) is 41.9 Å². The van der Waals surface area contributed by atoms with E-state index in [0.717, 1.165) is 29.1 Å². The van der Waals surface area contributed by atoms with Crippen molar-refractivity contribution in [2.24, 2.45) is 0 Å². The molecule has 0 spiro atoms. The summed E-state index contributed by atoms with van der Waals surface area (Å²) in [6.07, 6.45) is 4.41. The Bertz CT molecular complexity index is 526. The summed E-state index contributed by atoms with van der Waals surface area (Å²) in [7, 11) is 1.65. The second-order valence-corrected chi connectivity index (χ2v) is 4.00. The second-order valence-electron chi connectivity index (χ2n) is 4.00. The number of hydrogen-bond acceptors (Lipinski definition) is 4. The Morgan fingerprint density at radius 2 is 2.00 bits per heavy atom. The number of pyridine rings is 2. The quantitative estimate of drug-likeness (QED) is 0.896. The molecule has 2 heterocycles. The molecule has 94 valence electrons. The number of aromatic nitrogens is 2. The Balaban J connectivity index is 2.33. The van der Waals surface area contributed by atoms with Crippen LogP contribution in [0, 0.1) is 6.92 Å². The molecular weight excluding hydrogens is 226 g/mol. The van der Waals surface area contributed by atoms with Crippen LogP contribution in [0.4, 0.5) is 11.4 Å². The molecule has 1 N–H and O–H groups in total. The van der Waals surface area contributed by atoms with Gasteiger partial charge < -0.3 is 10.1 Å². The lowest BCUT2D eigenvalue weighted by Gasteiger charge is -2.13. The topological polar surface area (TPSA) is 47.0 Å². The fourth-order valence-corrected chi connectivity index (χ4v) is 1.77. The molecule has 0 saturated heterocycles. The smallest absolute Gasteiger partial charge is 0.216 e. The predicted octanol–water partition coefficient (Wildman–Crippen LogP) is 3.10. The maximum absolute atomic E-state index is 5.27. The Hall–Kier alpha value is -2.10. The van der Waals surface area contributed by atoms with Crippen LogP contribution in [0.5, 0.6) is 5.88 Å². The van der Waals surface area contributed by atoms with Gasteiger partial charge in [0.1, 0.15) is 0 Å². The molecule has 4 heteroatoms. The van der Waals surface area contributed by atoms with Gasteiger partial charge >= 0.3 is 0 Å². The standard InChI is InChI=1S/C14H17N3O/c1-4-11-9-13(10(2)16-14(11)18-3)17-12-5-7-15-8-6-12/h5-9H,4H2,1-3H3,(H,15,17). The average molecular weight is 243 g/mol. The van der Waals surface area contributed by atoms with Gasteiger partial charge in [-0.3, -0.25) is 4.98 Å². The molecular formula is C14H17N3O. The molecule has 0 amide bonds. The Morgan fingerprint density at radius 3 is 2.61 bits per heavy atom. The maximum atomic E-state index is 5.27. The van der Waals surface area contributed by atoms with E-state index in [1.807, 2.05) is 19.1 Å². The third kappa shape index (κ3) is 2.59. The van der Waals surface area contributed by atoms with Crippen LogP contribution >= 0.6 is 0 Å². The normalized spacial score (nSPS) is 10.2. The van der Waals surface area contributed by atoms with Crippen LogP contribution in [0.2, 0.25) is 0 Å². The molecule has 2 aromatic heterocycles. The van der Waals surface area contributed by atoms with E-state index in [1.54, 1.807) is 19.5 Å². The lowest BCUT2D eigenvalue weighted by atomic mass is 10.1. The van der Waals surface area contributed by atoms with Gasteiger partial charge in [0.05, 0.1) is 18.5 Å². The summed E-state index contributed by atoms with van der Waals surface area (Å²) in [5.74, 6) is 0.704. The molecule has 0 aliphatic heterocycles. The van der Waals surface area contributed by atoms with Crippen molar-refractivity contribution in [3.63, 3.8) is 0 Å². The zero-order valence-corrected chi connectivity index (χ0v) is 10.9. The number of aryl methyl sites for hydroxylation is 2. The number of methoxy groups -OCH3 is 1. The van der Waals surface area contributed by atoms with Crippen LogP contribution in [0.15, 0.2) is 30.6 Å². The van der Waals surface area contributed by atoms with Crippen LogP contribution in [-0.2, 0) is 6.42 Å². The largest absolute Gasteiger partial charge is 0.481 e. The third-order valence-corrected chi connectivity index (χ3v) is 2.79. The maximum Gasteiger partial charge on any atom is 0.216 e. The van der Waals surface area contributed by atoms with Gasteiger partial charge in [-0.25, -0.2) is 4.98 Å². The SMILES string of the molecule is CCc1cc(Nc2ccncc2)c(C)nc1OC. The molecule has 0 aliphatic carbocycles. The molecule has 0 atom stereocenters. The first kappa shape index (κ1) is 12.4. The minimum absolute atomic E-state index is 0.704. The average Bonchev–Trinajstić information content (AvgIpc) is 2.41. The van der Waals surface area contributed by atoms with Gasteiger partial charge in [0.25, 0.3) is 0 Å². The summed E-state index contributed by atoms with van der Waals surface area (Å²) in [6, 6.07) is 5.94. The van der Waals surface area contributed by atoms with Crippen LogP contribution in [0.3, 0.4) is 0 Å². The van der Waals surface area contributed by atoms with Crippen molar-refractivity contribution in [1.29, 1.82) is 0 Å². The number of nitrogens with one attached hydrogen (secondary N) is 1. The molecule has 0 aromatic carbocycles. The van der Waals surface area contributed by atoms with E-state index < -0.39 is 0 Å². The zero-order valence-electron chi connectivity index (χ0n) is 10.9. The van der Waals surface area contributed by atoms with E-state index in [2.05, 4.69) is 28.3 Å². The Kier molecular flexibility index (Phi) is 3.77. The number of anilines is 2. The van der Waals surface area contributed by atoms with E-state index >= 15 is 0 Å². The first-order chi connectivity index (χ1) is 8.74. The van der Waals surface area contributed by atoms with Crippen molar-refractivity contribution in [2.75, 3.05) is 12.4 Å². The predicted molar refractivity (Wildman–Crippen MR) is 72.4 cm³/mol. The molecule has 0 unspecified atom stereocenters. The van der Waals surface area contributed by atoms with Gasteiger partial charge in [0.15, 0.2) is 0 Å². The van der Waals surface area contributed by atoms with Crippen molar-refractivity contribution >= 4 is 11.4 Å². The molecule has 18 heavy (non-hydrogen) atoms. The molecule has 0 aliphatic rings. The van der Waals surface area contributed by atoms with Crippen LogP contribution in [0.25, 0.3) is 0 Å². The van der Waals surface area contributed by atoms with Crippen molar-refractivity contribution in [3.8, 4) is 5.88 Å². The lowest BCUT2D eigenvalue weighted by Crippen LogP contribution is -2.01. The molecule has 2 aromatic rings. The molecule has 2 rings (SSSR count). The molecule has 0 saturated carbocycles. The van der Waals surface area contributed by atoms with Crippen LogP contribution in [-0.4, -0.2) is 17.1 Å². The molecule has 4 nitrogen and oxygen atoms in total. The zero-order chi connectivity index (χ0) is 13.0. The highest BCUT2D eigenvalue weighted by atomic mass is 16.5. The van der Waals surface area contributed by atoms with Crippen molar-refractivity contribution in [1.82, 2.24) is 9.97 Å². The number of ether oxygens (including phenoxy) is 1. The highest BCUT2D eigenvalue weighted by Crippen LogP contribution is 2.25. The number of nitrogens with zero attached hydrogens (tertiary/aromatic N) is 2. The van der Waals surface area contributed by atoms with E-state index in [1.165, 1.54) is 0 Å². The highest BCUT2D eigenvalue weighted by molar-refractivity contribution is 5.62. The van der Waals surface area contributed by atoms with Gasteiger partial charge in [-0.2, -0.15) is 0 Å². The molecule has 0 bridgehead atoms. The van der Waals surface area contributed by atoms with Crippen LogP contribution in [0.1, 0.15) is 18.2 Å². The Morgan fingerprint density at radius 1 is 1.28 bits per heavy atom. The molecule has 0 fully saturated rings. The molecule has 0 radical (unpaired) electrons. The minimum atomic E-state index is 0.704. The Labute approximate surface area is 107 Å². The first-order valence-corrected chi connectivity index (χ1v) is 5.96. The summed E-state index contributed by atoms with van der Waals surface area (Å²) < 4.78 is 5.27. The third-order valence-electron chi connectivity index (χ3n) is 2.79. The highest BCUT2D eigenvalue weighted by Gasteiger charge is 2.08. The summed E-state index contributed by atoms with van der Waals surface area (Å²) in [4.78, 5) is 8.45. The first-order valence-electron chi connectivity index (χ1n) is 5.96. The lowest BCUT2D eigenvalue weighted by molar-refractivity contribution is 0.392. The van der Waals surface area contributed by atoms with Crippen molar-refractivity contribution < 1.29 is 4.74 Å². The van der Waals surface area contributed by atoms with E-state index in [-0.39, 0.29) is 0 Å². The van der Waals surface area contributed by atoms with E-state index in [4.69, 9.17) is 4.74 Å². The van der Waals surface area contributed by atoms with Gasteiger partial charge in [0.2, 0.25) is 5.88 Å². The summed E-state index contributed by atoms with van der Waals surface area (Å²) >= 11 is 0. The van der Waals surface area contributed by atoms with Gasteiger partial charge in [0, 0.05) is 23.6 Å². The fraction of sp³-hybridized carbons (Fsp3) is 0.286. The van der Waals surface area contributed by atoms with E-state index in [0.29, 0.717) is 5.88 Å². The fourth-order valence-electron chi connectivity index (χ4n) is 1.77. The summed E-state index contributed by atoms with van der Waals surface area (Å²) in [5.41, 5.74) is 4.02. The van der Waals surface area contributed by atoms with Gasteiger partial charge in [-0.15, -0.1) is 0 Å². The van der Waals surface area contributed by atoms with Gasteiger partial charge in [-0.1, -0.05) is 6.92 Å². The van der Waals surface area contributed by atoms with E-state index in [9.17, 15) is 0 Å². The summed E-state index contributed by atoms with van der Waals surface area (Å²) in [6.45, 7) is 4.05.